The molecule has 0 fully saturated rings. The number of halogens is 2. The number of ether oxygens (including phenoxy) is 1. The molecule has 7 heteroatoms. The number of hydrogen-bond donors (Lipinski definition) is 1. The van der Waals surface area contributed by atoms with Gasteiger partial charge in [-0.1, -0.05) is 43.1 Å². The van der Waals surface area contributed by atoms with Crippen molar-refractivity contribution >= 4 is 46.5 Å². The summed E-state index contributed by atoms with van der Waals surface area (Å²) in [5, 5.41) is 3.57. The lowest BCUT2D eigenvalue weighted by Gasteiger charge is -2.09. The summed E-state index contributed by atoms with van der Waals surface area (Å²) in [7, 11) is 0. The molecule has 0 unspecified atom stereocenters. The predicted molar refractivity (Wildman–Crippen MR) is 105 cm³/mol. The summed E-state index contributed by atoms with van der Waals surface area (Å²) in [6, 6.07) is 11.2. The second kappa shape index (κ2) is 9.53. The molecule has 0 heterocycles. The molecular weight excluding hydrogens is 389 g/mol. The number of hydrogen-bond acceptors (Lipinski definition) is 4. The number of ketones is 1. The molecular formula is C20H19Cl2NO4. The Balaban J connectivity index is 1.87. The van der Waals surface area contributed by atoms with Crippen LogP contribution in [0.1, 0.15) is 29.8 Å². The van der Waals surface area contributed by atoms with Crippen LogP contribution >= 0.6 is 23.2 Å². The number of carbonyl (C=O) groups is 3. The summed E-state index contributed by atoms with van der Waals surface area (Å²) in [6.45, 7) is 3.21. The van der Waals surface area contributed by atoms with Crippen LogP contribution in [0.15, 0.2) is 42.5 Å². The first-order valence-corrected chi connectivity index (χ1v) is 9.05. The third-order valence-corrected chi connectivity index (χ3v) is 4.30. The van der Waals surface area contributed by atoms with Crippen molar-refractivity contribution in [3.05, 3.63) is 63.6 Å². The second-order valence-corrected chi connectivity index (χ2v) is 7.06. The zero-order chi connectivity index (χ0) is 20.0. The van der Waals surface area contributed by atoms with Crippen LogP contribution in [0.4, 0.5) is 5.69 Å². The molecule has 1 amide bonds. The van der Waals surface area contributed by atoms with Crippen LogP contribution in [0.25, 0.3) is 0 Å². The molecule has 0 saturated heterocycles. The van der Waals surface area contributed by atoms with E-state index in [4.69, 9.17) is 27.9 Å². The van der Waals surface area contributed by atoms with Gasteiger partial charge in [-0.15, -0.1) is 0 Å². The van der Waals surface area contributed by atoms with Gasteiger partial charge in [0, 0.05) is 27.2 Å². The molecule has 0 aromatic heterocycles. The van der Waals surface area contributed by atoms with Crippen LogP contribution < -0.4 is 5.32 Å². The summed E-state index contributed by atoms with van der Waals surface area (Å²) in [4.78, 5) is 35.7. The Bertz CT molecular complexity index is 848. The van der Waals surface area contributed by atoms with E-state index in [0.717, 1.165) is 0 Å². The number of rotatable bonds is 7. The standard InChI is InChI=1S/C20H19Cl2NO4/c1-12(2)20(26)23-16-7-4-13(5-8-16)18(24)11-27-19(25)9-14-3-6-15(21)10-17(14)22/h3-8,10,12H,9,11H2,1-2H3,(H,23,26). The topological polar surface area (TPSA) is 72.5 Å². The third-order valence-electron chi connectivity index (χ3n) is 3.71. The summed E-state index contributed by atoms with van der Waals surface area (Å²) in [5.41, 5.74) is 1.55. The van der Waals surface area contributed by atoms with E-state index in [0.29, 0.717) is 26.9 Å². The van der Waals surface area contributed by atoms with Gasteiger partial charge in [-0.3, -0.25) is 14.4 Å². The molecule has 0 radical (unpaired) electrons. The molecule has 0 spiro atoms. The van der Waals surface area contributed by atoms with Crippen molar-refractivity contribution in [1.29, 1.82) is 0 Å². The van der Waals surface area contributed by atoms with Gasteiger partial charge in [0.25, 0.3) is 0 Å². The number of amides is 1. The molecule has 1 N–H and O–H groups in total. The second-order valence-electron chi connectivity index (χ2n) is 6.22. The summed E-state index contributed by atoms with van der Waals surface area (Å²) < 4.78 is 5.02. The van der Waals surface area contributed by atoms with Gasteiger partial charge < -0.3 is 10.1 Å². The summed E-state index contributed by atoms with van der Waals surface area (Å²) in [6.07, 6.45) is -0.0521. The van der Waals surface area contributed by atoms with Crippen LogP contribution in [0.2, 0.25) is 10.0 Å². The van der Waals surface area contributed by atoms with E-state index in [-0.39, 0.29) is 30.6 Å². The number of carbonyl (C=O) groups excluding carboxylic acids is 3. The minimum atomic E-state index is -0.562. The van der Waals surface area contributed by atoms with Crippen LogP contribution in [-0.4, -0.2) is 24.3 Å². The Morgan fingerprint density at radius 2 is 1.70 bits per heavy atom. The van der Waals surface area contributed by atoms with Crippen molar-refractivity contribution in [1.82, 2.24) is 0 Å². The smallest absolute Gasteiger partial charge is 0.310 e. The molecule has 2 aromatic rings. The average molecular weight is 408 g/mol. The molecule has 2 aromatic carbocycles. The predicted octanol–water partition coefficient (Wildman–Crippen LogP) is 4.56. The van der Waals surface area contributed by atoms with Crippen molar-refractivity contribution in [2.24, 2.45) is 5.92 Å². The number of esters is 1. The van der Waals surface area contributed by atoms with Gasteiger partial charge in [0.05, 0.1) is 6.42 Å². The first-order chi connectivity index (χ1) is 12.8. The fraction of sp³-hybridized carbons (Fsp3) is 0.250. The molecule has 142 valence electrons. The van der Waals surface area contributed by atoms with E-state index in [1.165, 1.54) is 6.07 Å². The van der Waals surface area contributed by atoms with Gasteiger partial charge in [-0.2, -0.15) is 0 Å². The van der Waals surface area contributed by atoms with Gasteiger partial charge in [0.2, 0.25) is 5.91 Å². The molecule has 27 heavy (non-hydrogen) atoms. The first kappa shape index (κ1) is 20.9. The maximum atomic E-state index is 12.1. The molecule has 0 saturated carbocycles. The molecule has 5 nitrogen and oxygen atoms in total. The Morgan fingerprint density at radius 3 is 2.30 bits per heavy atom. The fourth-order valence-electron chi connectivity index (χ4n) is 2.13. The van der Waals surface area contributed by atoms with Crippen LogP contribution in [-0.2, 0) is 20.7 Å². The minimum absolute atomic E-state index is 0.0521. The highest BCUT2D eigenvalue weighted by Crippen LogP contribution is 2.21. The normalized spacial score (nSPS) is 10.6. The van der Waals surface area contributed by atoms with Crippen molar-refractivity contribution in [3.8, 4) is 0 Å². The zero-order valence-electron chi connectivity index (χ0n) is 14.9. The van der Waals surface area contributed by atoms with E-state index in [1.54, 1.807) is 50.2 Å². The van der Waals surface area contributed by atoms with Gasteiger partial charge in [0.1, 0.15) is 0 Å². The van der Waals surface area contributed by atoms with E-state index >= 15 is 0 Å². The molecule has 0 atom stereocenters. The highest BCUT2D eigenvalue weighted by Gasteiger charge is 2.13. The van der Waals surface area contributed by atoms with Crippen molar-refractivity contribution in [3.63, 3.8) is 0 Å². The van der Waals surface area contributed by atoms with E-state index in [9.17, 15) is 14.4 Å². The number of benzene rings is 2. The van der Waals surface area contributed by atoms with E-state index < -0.39 is 5.97 Å². The van der Waals surface area contributed by atoms with Crippen LogP contribution in [0, 0.1) is 5.92 Å². The van der Waals surface area contributed by atoms with Gasteiger partial charge in [-0.25, -0.2) is 0 Å². The average Bonchev–Trinajstić information content (AvgIpc) is 2.62. The summed E-state index contributed by atoms with van der Waals surface area (Å²) in [5.74, 6) is -1.15. The largest absolute Gasteiger partial charge is 0.457 e. The molecule has 0 aliphatic rings. The summed E-state index contributed by atoms with van der Waals surface area (Å²) >= 11 is 11.8. The minimum Gasteiger partial charge on any atom is -0.457 e. The zero-order valence-corrected chi connectivity index (χ0v) is 16.4. The molecule has 2 rings (SSSR count). The van der Waals surface area contributed by atoms with Crippen molar-refractivity contribution in [2.45, 2.75) is 20.3 Å². The lowest BCUT2D eigenvalue weighted by Crippen LogP contribution is -2.18. The maximum absolute atomic E-state index is 12.1. The number of anilines is 1. The Morgan fingerprint density at radius 1 is 1.04 bits per heavy atom. The van der Waals surface area contributed by atoms with Gasteiger partial charge in [-0.05, 0) is 42.0 Å². The lowest BCUT2D eigenvalue weighted by atomic mass is 10.1. The Kier molecular flexibility index (Phi) is 7.39. The van der Waals surface area contributed by atoms with Crippen LogP contribution in [0.5, 0.6) is 0 Å². The van der Waals surface area contributed by atoms with E-state index in [1.807, 2.05) is 0 Å². The first-order valence-electron chi connectivity index (χ1n) is 8.30. The van der Waals surface area contributed by atoms with Crippen molar-refractivity contribution < 1.29 is 19.1 Å². The SMILES string of the molecule is CC(C)C(=O)Nc1ccc(C(=O)COC(=O)Cc2ccc(Cl)cc2Cl)cc1. The highest BCUT2D eigenvalue weighted by molar-refractivity contribution is 6.35. The van der Waals surface area contributed by atoms with Gasteiger partial charge >= 0.3 is 5.97 Å². The Labute approximate surface area is 167 Å². The van der Waals surface area contributed by atoms with Crippen molar-refractivity contribution in [2.75, 3.05) is 11.9 Å². The fourth-order valence-corrected chi connectivity index (χ4v) is 2.60. The maximum Gasteiger partial charge on any atom is 0.310 e. The Hall–Kier alpha value is -2.37. The monoisotopic (exact) mass is 407 g/mol. The third kappa shape index (κ3) is 6.38. The lowest BCUT2D eigenvalue weighted by molar-refractivity contribution is -0.141. The number of nitrogens with one attached hydrogen (secondary N) is 1. The van der Waals surface area contributed by atoms with Gasteiger partial charge in [0.15, 0.2) is 12.4 Å². The van der Waals surface area contributed by atoms with E-state index in [2.05, 4.69) is 5.32 Å². The molecule has 0 aliphatic heterocycles. The highest BCUT2D eigenvalue weighted by atomic mass is 35.5. The quantitative estimate of drug-likeness (QED) is 0.539. The number of Topliss-reactive ketones (excluding diaryl/α,β-unsaturated/α-hetero) is 1. The molecule has 0 aliphatic carbocycles. The van der Waals surface area contributed by atoms with Crippen LogP contribution in [0.3, 0.4) is 0 Å². The molecule has 0 bridgehead atoms.